The van der Waals surface area contributed by atoms with Gasteiger partial charge < -0.3 is 4.57 Å². The Hall–Kier alpha value is -6.07. The highest BCUT2D eigenvalue weighted by atomic mass is 15.2. The fourth-order valence-electron chi connectivity index (χ4n) is 7.99. The molecule has 10 rings (SSSR count). The van der Waals surface area contributed by atoms with Gasteiger partial charge in [0.05, 0.1) is 22.1 Å². The van der Waals surface area contributed by atoms with E-state index in [2.05, 4.69) is 137 Å². The number of hydrogen-bond donors (Lipinski definition) is 0. The summed E-state index contributed by atoms with van der Waals surface area (Å²) in [5, 5.41) is 4.65. The Morgan fingerprint density at radius 1 is 0.460 bits per heavy atom. The second-order valence-corrected chi connectivity index (χ2v) is 13.3. The summed E-state index contributed by atoms with van der Waals surface area (Å²) in [7, 11) is 0. The number of hydrogen-bond acceptors (Lipinski definition) is 3. The normalized spacial score (nSPS) is 14.8. The quantitative estimate of drug-likeness (QED) is 0.187. The molecule has 0 saturated heterocycles. The van der Waals surface area contributed by atoms with Crippen molar-refractivity contribution < 1.29 is 1.37 Å². The Labute approximate surface area is 291 Å². The molecule has 3 aromatic heterocycles. The Morgan fingerprint density at radius 3 is 1.62 bits per heavy atom. The first kappa shape index (κ1) is 27.8. The Kier molecular flexibility index (Phi) is 6.58. The molecule has 6 aromatic carbocycles. The lowest BCUT2D eigenvalue weighted by Crippen LogP contribution is -2.07. The fraction of sp³-hybridized carbons (Fsp3) is 0.133. The maximum absolute atomic E-state index is 9.20. The van der Waals surface area contributed by atoms with E-state index in [-0.39, 0.29) is 0 Å². The number of benzene rings is 6. The van der Waals surface area contributed by atoms with Gasteiger partial charge in [0.25, 0.3) is 0 Å². The number of para-hydroxylation sites is 3. The van der Waals surface area contributed by atoms with Gasteiger partial charge in [-0.2, -0.15) is 9.97 Å². The minimum absolute atomic E-state index is 0.526. The van der Waals surface area contributed by atoms with Crippen molar-refractivity contribution in [2.75, 3.05) is 0 Å². The highest BCUT2D eigenvalue weighted by Crippen LogP contribution is 2.41. The van der Waals surface area contributed by atoms with Crippen molar-refractivity contribution in [3.63, 3.8) is 0 Å². The molecule has 0 spiro atoms. The van der Waals surface area contributed by atoms with Crippen LogP contribution < -0.4 is 0 Å². The maximum Gasteiger partial charge on any atom is 0.238 e. The molecule has 50 heavy (non-hydrogen) atoms. The Balaban J connectivity index is 1.28. The molecule has 5 nitrogen and oxygen atoms in total. The van der Waals surface area contributed by atoms with Crippen LogP contribution in [-0.2, 0) is 0 Å². The van der Waals surface area contributed by atoms with Crippen LogP contribution in [0.5, 0.6) is 0 Å². The Morgan fingerprint density at radius 2 is 0.980 bits per heavy atom. The van der Waals surface area contributed by atoms with E-state index in [9.17, 15) is 1.37 Å². The van der Waals surface area contributed by atoms with E-state index < -0.39 is 5.89 Å². The average Bonchev–Trinajstić information content (AvgIpc) is 3.72. The van der Waals surface area contributed by atoms with E-state index in [1.807, 2.05) is 18.2 Å². The van der Waals surface area contributed by atoms with E-state index in [4.69, 9.17) is 15.0 Å². The van der Waals surface area contributed by atoms with Crippen LogP contribution in [0.3, 0.4) is 0 Å². The van der Waals surface area contributed by atoms with Crippen molar-refractivity contribution >= 4 is 43.6 Å². The molecule has 0 aliphatic heterocycles. The number of aromatic nitrogens is 5. The minimum atomic E-state index is -0.526. The third kappa shape index (κ3) is 4.65. The van der Waals surface area contributed by atoms with Gasteiger partial charge in [0, 0.05) is 39.7 Å². The smallest absolute Gasteiger partial charge is 0.238 e. The average molecular weight is 647 g/mol. The first-order chi connectivity index (χ1) is 25.2. The highest BCUT2D eigenvalue weighted by molar-refractivity contribution is 6.23. The van der Waals surface area contributed by atoms with Crippen molar-refractivity contribution in [2.45, 2.75) is 38.0 Å². The molecule has 5 heteroatoms. The summed E-state index contributed by atoms with van der Waals surface area (Å²) >= 11 is 0. The molecule has 1 aliphatic carbocycles. The summed E-state index contributed by atoms with van der Waals surface area (Å²) in [5.74, 6) is 1.26. The minimum Gasteiger partial charge on any atom is -0.307 e. The molecule has 1 saturated carbocycles. The summed E-state index contributed by atoms with van der Waals surface area (Å²) < 4.78 is 13.8. The van der Waals surface area contributed by atoms with E-state index >= 15 is 0 Å². The summed E-state index contributed by atoms with van der Waals surface area (Å²) in [5.41, 5.74) is 8.34. The van der Waals surface area contributed by atoms with Gasteiger partial charge in [-0.15, -0.1) is 0 Å². The number of rotatable bonds is 5. The number of nitrogens with zero attached hydrogens (tertiary/aromatic N) is 5. The summed E-state index contributed by atoms with van der Waals surface area (Å²) in [6.07, 6.45) is 5.25. The fourth-order valence-corrected chi connectivity index (χ4v) is 7.99. The molecule has 0 bridgehead atoms. The van der Waals surface area contributed by atoms with Gasteiger partial charge in [-0.25, -0.2) is 4.98 Å². The van der Waals surface area contributed by atoms with Crippen LogP contribution in [0.4, 0.5) is 0 Å². The van der Waals surface area contributed by atoms with Gasteiger partial charge in [0.1, 0.15) is 0 Å². The van der Waals surface area contributed by atoms with Crippen LogP contribution in [0, 0.1) is 0 Å². The lowest BCUT2D eigenvalue weighted by atomic mass is 9.84. The molecule has 9 aromatic rings. The van der Waals surface area contributed by atoms with Gasteiger partial charge >= 0.3 is 0 Å². The van der Waals surface area contributed by atoms with Crippen molar-refractivity contribution in [1.29, 1.82) is 0 Å². The topological polar surface area (TPSA) is 48.5 Å². The van der Waals surface area contributed by atoms with E-state index in [0.717, 1.165) is 80.9 Å². The zero-order chi connectivity index (χ0) is 33.9. The van der Waals surface area contributed by atoms with Crippen LogP contribution in [0.2, 0.25) is 0 Å². The van der Waals surface area contributed by atoms with Crippen molar-refractivity contribution in [1.82, 2.24) is 24.1 Å². The van der Waals surface area contributed by atoms with E-state index in [1.165, 1.54) is 17.2 Å². The predicted molar refractivity (Wildman–Crippen MR) is 205 cm³/mol. The van der Waals surface area contributed by atoms with Gasteiger partial charge in [-0.05, 0) is 48.6 Å². The van der Waals surface area contributed by atoms with Crippen LogP contribution in [-0.4, -0.2) is 24.1 Å². The summed E-state index contributed by atoms with van der Waals surface area (Å²) in [6.45, 7) is 0. The van der Waals surface area contributed by atoms with Gasteiger partial charge in [0.2, 0.25) is 5.95 Å². The SMILES string of the molecule is [2H]C1(c2ccc(-c3nc(-c4ccccc4)nc(-n4c5ccccc5c5ccc6c7ccccc7n(-c7ccccc7)c6c54)n3)cc2)CCCCC1. The summed E-state index contributed by atoms with van der Waals surface area (Å²) in [6, 6.07) is 50.8. The van der Waals surface area contributed by atoms with E-state index in [0.29, 0.717) is 17.6 Å². The van der Waals surface area contributed by atoms with Crippen molar-refractivity contribution in [2.24, 2.45) is 0 Å². The molecule has 240 valence electrons. The molecular formula is C45H35N5. The zero-order valence-corrected chi connectivity index (χ0v) is 27.6. The predicted octanol–water partition coefficient (Wildman–Crippen LogP) is 11.4. The highest BCUT2D eigenvalue weighted by Gasteiger charge is 2.23. The first-order valence-corrected chi connectivity index (χ1v) is 17.6. The third-order valence-electron chi connectivity index (χ3n) is 10.3. The zero-order valence-electron chi connectivity index (χ0n) is 28.6. The standard InChI is InChI=1S/C45H35N5/c1-4-14-30(15-5-1)31-24-26-33(27-25-31)44-46-43(32-16-6-2-7-17-32)47-45(48-44)50-40-23-13-11-21-36(40)38-29-28-37-35-20-10-12-22-39(35)49(41(37)42(38)50)34-18-8-3-9-19-34/h2-3,6-13,16-30H,1,4-5,14-15H2/i30D. The second kappa shape index (κ2) is 11.8. The van der Waals surface area contributed by atoms with Crippen LogP contribution in [0.1, 0.15) is 44.9 Å². The van der Waals surface area contributed by atoms with Gasteiger partial charge in [-0.3, -0.25) is 4.57 Å². The lowest BCUT2D eigenvalue weighted by Gasteiger charge is -2.22. The van der Waals surface area contributed by atoms with Crippen molar-refractivity contribution in [3.8, 4) is 34.4 Å². The lowest BCUT2D eigenvalue weighted by molar-refractivity contribution is 0.443. The van der Waals surface area contributed by atoms with Gasteiger partial charge in [0.15, 0.2) is 11.6 Å². The van der Waals surface area contributed by atoms with Crippen LogP contribution in [0.15, 0.2) is 146 Å². The molecule has 0 radical (unpaired) electrons. The first-order valence-electron chi connectivity index (χ1n) is 18.1. The molecule has 0 amide bonds. The van der Waals surface area contributed by atoms with Crippen molar-refractivity contribution in [3.05, 3.63) is 151 Å². The number of fused-ring (bicyclic) bond motifs is 7. The molecule has 1 aliphatic rings. The monoisotopic (exact) mass is 646 g/mol. The maximum atomic E-state index is 9.20. The molecule has 3 heterocycles. The third-order valence-corrected chi connectivity index (χ3v) is 10.3. The molecule has 0 N–H and O–H groups in total. The molecule has 0 atom stereocenters. The molecule has 0 unspecified atom stereocenters. The second-order valence-electron chi connectivity index (χ2n) is 13.3. The summed E-state index contributed by atoms with van der Waals surface area (Å²) in [4.78, 5) is 15.6. The van der Waals surface area contributed by atoms with E-state index in [1.54, 1.807) is 0 Å². The Bertz CT molecular complexity index is 2720. The largest absolute Gasteiger partial charge is 0.307 e. The van der Waals surface area contributed by atoms with Gasteiger partial charge in [-0.1, -0.05) is 141 Å². The molecule has 1 fully saturated rings. The van der Waals surface area contributed by atoms with Crippen LogP contribution >= 0.6 is 0 Å². The van der Waals surface area contributed by atoms with Crippen LogP contribution in [0.25, 0.3) is 78.0 Å². The molecular weight excluding hydrogens is 611 g/mol.